The van der Waals surface area contributed by atoms with Crippen molar-refractivity contribution in [3.63, 3.8) is 0 Å². The minimum atomic E-state index is -0.944. The SMILES string of the molecule is Cc1c(C(=O)O)sc2ncnc(SC(C)C(C)O)c12. The Hall–Kier alpha value is -1.18. The van der Waals surface area contributed by atoms with Gasteiger partial charge in [0.1, 0.15) is 21.1 Å². The summed E-state index contributed by atoms with van der Waals surface area (Å²) < 4.78 is 0. The molecule has 0 spiro atoms. The van der Waals surface area contributed by atoms with E-state index in [1.807, 2.05) is 6.92 Å². The molecule has 2 aromatic heterocycles. The van der Waals surface area contributed by atoms with E-state index in [2.05, 4.69) is 9.97 Å². The smallest absolute Gasteiger partial charge is 0.346 e. The van der Waals surface area contributed by atoms with Gasteiger partial charge < -0.3 is 10.2 Å². The van der Waals surface area contributed by atoms with Gasteiger partial charge in [0.2, 0.25) is 0 Å². The van der Waals surface area contributed by atoms with Gasteiger partial charge >= 0.3 is 5.97 Å². The molecule has 2 N–H and O–H groups in total. The second-order valence-corrected chi connectivity index (χ2v) is 6.65. The standard InChI is InChI=1S/C12H14N2O3S2/c1-5-8-10(18-7(3)6(2)15)13-4-14-11(8)19-9(5)12(16)17/h4,6-7,15H,1-3H3,(H,16,17). The molecule has 0 aliphatic carbocycles. The second-order valence-electron chi connectivity index (χ2n) is 4.28. The van der Waals surface area contributed by atoms with Crippen molar-refractivity contribution in [2.45, 2.75) is 37.2 Å². The number of aromatic nitrogens is 2. The molecular weight excluding hydrogens is 284 g/mol. The highest BCUT2D eigenvalue weighted by Crippen LogP contribution is 2.36. The lowest BCUT2D eigenvalue weighted by Gasteiger charge is -2.13. The monoisotopic (exact) mass is 298 g/mol. The van der Waals surface area contributed by atoms with E-state index in [1.165, 1.54) is 18.1 Å². The first-order valence-corrected chi connectivity index (χ1v) is 7.43. The van der Waals surface area contributed by atoms with Crippen molar-refractivity contribution in [2.75, 3.05) is 0 Å². The molecule has 0 saturated heterocycles. The lowest BCUT2D eigenvalue weighted by Crippen LogP contribution is -2.15. The molecule has 19 heavy (non-hydrogen) atoms. The van der Waals surface area contributed by atoms with Gasteiger partial charge in [0, 0.05) is 10.6 Å². The fourth-order valence-corrected chi connectivity index (χ4v) is 3.68. The van der Waals surface area contributed by atoms with Gasteiger partial charge in [-0.15, -0.1) is 11.3 Å². The maximum Gasteiger partial charge on any atom is 0.346 e. The number of carbonyl (C=O) groups is 1. The molecule has 0 aliphatic heterocycles. The Morgan fingerprint density at radius 3 is 2.68 bits per heavy atom. The Balaban J connectivity index is 2.53. The first-order valence-electron chi connectivity index (χ1n) is 5.74. The van der Waals surface area contributed by atoms with Gasteiger partial charge in [0.15, 0.2) is 0 Å². The maximum atomic E-state index is 11.1. The summed E-state index contributed by atoms with van der Waals surface area (Å²) in [6.45, 7) is 5.39. The molecule has 0 saturated carbocycles. The minimum Gasteiger partial charge on any atom is -0.477 e. The lowest BCUT2D eigenvalue weighted by molar-refractivity contribution is 0.0701. The van der Waals surface area contributed by atoms with Crippen LogP contribution in [0.15, 0.2) is 11.4 Å². The summed E-state index contributed by atoms with van der Waals surface area (Å²) in [4.78, 5) is 20.5. The summed E-state index contributed by atoms with van der Waals surface area (Å²) in [5.41, 5.74) is 0.688. The molecule has 102 valence electrons. The molecule has 2 unspecified atom stereocenters. The van der Waals surface area contributed by atoms with Gasteiger partial charge in [0.05, 0.1) is 6.10 Å². The van der Waals surface area contributed by atoms with Gasteiger partial charge in [-0.2, -0.15) is 0 Å². The molecule has 0 fully saturated rings. The van der Waals surface area contributed by atoms with Crippen molar-refractivity contribution in [2.24, 2.45) is 0 Å². The number of nitrogens with zero attached hydrogens (tertiary/aromatic N) is 2. The zero-order chi connectivity index (χ0) is 14.2. The van der Waals surface area contributed by atoms with Crippen LogP contribution in [0.2, 0.25) is 0 Å². The first kappa shape index (κ1) is 14.2. The number of hydrogen-bond acceptors (Lipinski definition) is 6. The molecule has 0 aliphatic rings. The van der Waals surface area contributed by atoms with E-state index in [9.17, 15) is 9.90 Å². The quantitative estimate of drug-likeness (QED) is 0.666. The molecule has 0 bridgehead atoms. The largest absolute Gasteiger partial charge is 0.477 e. The zero-order valence-corrected chi connectivity index (χ0v) is 12.4. The number of aryl methyl sites for hydroxylation is 1. The summed E-state index contributed by atoms with van der Waals surface area (Å²) in [5, 5.41) is 20.2. The van der Waals surface area contributed by atoms with Crippen LogP contribution in [-0.4, -0.2) is 37.5 Å². The normalized spacial score (nSPS) is 14.5. The third kappa shape index (κ3) is 2.72. The molecule has 7 heteroatoms. The van der Waals surface area contributed by atoms with Crippen molar-refractivity contribution >= 4 is 39.3 Å². The number of thioether (sulfide) groups is 1. The summed E-state index contributed by atoms with van der Waals surface area (Å²) in [6.07, 6.45) is 0.967. The Morgan fingerprint density at radius 2 is 2.11 bits per heavy atom. The van der Waals surface area contributed by atoms with E-state index in [4.69, 9.17) is 5.11 Å². The van der Waals surface area contributed by atoms with E-state index < -0.39 is 12.1 Å². The summed E-state index contributed by atoms with van der Waals surface area (Å²) >= 11 is 2.59. The van der Waals surface area contributed by atoms with Crippen molar-refractivity contribution in [1.82, 2.24) is 9.97 Å². The van der Waals surface area contributed by atoms with E-state index >= 15 is 0 Å². The third-order valence-corrected chi connectivity index (χ3v) is 5.35. The van der Waals surface area contributed by atoms with E-state index in [1.54, 1.807) is 13.8 Å². The van der Waals surface area contributed by atoms with Gasteiger partial charge in [-0.25, -0.2) is 14.8 Å². The average Bonchev–Trinajstić information content (AvgIpc) is 2.68. The van der Waals surface area contributed by atoms with Crippen LogP contribution in [0.4, 0.5) is 0 Å². The molecular formula is C12H14N2O3S2. The number of aliphatic hydroxyl groups excluding tert-OH is 1. The van der Waals surface area contributed by atoms with Crippen molar-refractivity contribution in [3.8, 4) is 0 Å². The van der Waals surface area contributed by atoms with Gasteiger partial charge in [-0.1, -0.05) is 18.7 Å². The highest BCUT2D eigenvalue weighted by atomic mass is 32.2. The molecule has 2 aromatic rings. The first-order chi connectivity index (χ1) is 8.91. The fraction of sp³-hybridized carbons (Fsp3) is 0.417. The number of carboxylic acids is 1. The van der Waals surface area contributed by atoms with Crippen LogP contribution in [0.25, 0.3) is 10.2 Å². The fourth-order valence-electron chi connectivity index (χ4n) is 1.61. The number of fused-ring (bicyclic) bond motifs is 1. The molecule has 2 atom stereocenters. The zero-order valence-electron chi connectivity index (χ0n) is 10.7. The molecule has 2 heterocycles. The highest BCUT2D eigenvalue weighted by molar-refractivity contribution is 8.00. The number of thiophene rings is 1. The van der Waals surface area contributed by atoms with Crippen LogP contribution in [0.3, 0.4) is 0 Å². The summed E-state index contributed by atoms with van der Waals surface area (Å²) in [6, 6.07) is 0. The molecule has 5 nitrogen and oxygen atoms in total. The second kappa shape index (κ2) is 5.44. The van der Waals surface area contributed by atoms with Crippen LogP contribution < -0.4 is 0 Å². The number of aromatic carboxylic acids is 1. The molecule has 0 radical (unpaired) electrons. The van der Waals surface area contributed by atoms with E-state index in [0.717, 1.165) is 21.7 Å². The maximum absolute atomic E-state index is 11.1. The van der Waals surface area contributed by atoms with Gasteiger partial charge in [-0.05, 0) is 19.4 Å². The Labute approximate surface area is 118 Å². The number of rotatable bonds is 4. The average molecular weight is 298 g/mol. The number of hydrogen-bond donors (Lipinski definition) is 2. The third-order valence-electron chi connectivity index (χ3n) is 2.86. The van der Waals surface area contributed by atoms with Crippen LogP contribution in [0.5, 0.6) is 0 Å². The van der Waals surface area contributed by atoms with Crippen LogP contribution >= 0.6 is 23.1 Å². The minimum absolute atomic E-state index is 0.0225. The van der Waals surface area contributed by atoms with Gasteiger partial charge in [0.25, 0.3) is 0 Å². The van der Waals surface area contributed by atoms with Crippen LogP contribution in [0.1, 0.15) is 29.1 Å². The van der Waals surface area contributed by atoms with E-state index in [-0.39, 0.29) is 5.25 Å². The predicted molar refractivity (Wildman–Crippen MR) is 76.1 cm³/mol. The number of aliphatic hydroxyl groups is 1. The Bertz CT molecular complexity index is 625. The van der Waals surface area contributed by atoms with Crippen LogP contribution in [0, 0.1) is 6.92 Å². The molecule has 0 amide bonds. The Morgan fingerprint density at radius 1 is 1.42 bits per heavy atom. The van der Waals surface area contributed by atoms with Crippen molar-refractivity contribution in [3.05, 3.63) is 16.8 Å². The summed E-state index contributed by atoms with van der Waals surface area (Å²) in [7, 11) is 0. The van der Waals surface area contributed by atoms with E-state index in [0.29, 0.717) is 15.3 Å². The van der Waals surface area contributed by atoms with Crippen molar-refractivity contribution < 1.29 is 15.0 Å². The topological polar surface area (TPSA) is 83.3 Å². The summed E-state index contributed by atoms with van der Waals surface area (Å²) in [5.74, 6) is -0.944. The predicted octanol–water partition coefficient (Wildman–Crippen LogP) is 2.56. The van der Waals surface area contributed by atoms with Gasteiger partial charge in [-0.3, -0.25) is 0 Å². The number of carboxylic acid groups (broad SMARTS) is 1. The molecule has 2 rings (SSSR count). The van der Waals surface area contributed by atoms with Crippen LogP contribution in [-0.2, 0) is 0 Å². The lowest BCUT2D eigenvalue weighted by atomic mass is 10.2. The molecule has 0 aromatic carbocycles. The highest BCUT2D eigenvalue weighted by Gasteiger charge is 2.20. The van der Waals surface area contributed by atoms with Crippen molar-refractivity contribution in [1.29, 1.82) is 0 Å². The Kier molecular flexibility index (Phi) is 4.07.